The molecule has 0 saturated heterocycles. The molecular weight excluding hydrogens is 239 g/mol. The summed E-state index contributed by atoms with van der Waals surface area (Å²) < 4.78 is 21.4. The molecule has 2 rings (SSSR count). The van der Waals surface area contributed by atoms with Crippen molar-refractivity contribution in [1.29, 1.82) is 0 Å². The zero-order valence-electron chi connectivity index (χ0n) is 11.9. The predicted octanol–water partition coefficient (Wildman–Crippen LogP) is -0.322. The van der Waals surface area contributed by atoms with Crippen LogP contribution in [-0.4, -0.2) is 28.4 Å². The van der Waals surface area contributed by atoms with Crippen LogP contribution < -0.4 is 37.8 Å². The first-order chi connectivity index (χ1) is 8.76. The molecular formula is C14H15LiO4. The average molecular weight is 254 g/mol. The van der Waals surface area contributed by atoms with Crippen LogP contribution in [0, 0.1) is 6.07 Å². The van der Waals surface area contributed by atoms with Crippen LogP contribution in [-0.2, 0) is 0 Å². The molecule has 2 aromatic carbocycles. The van der Waals surface area contributed by atoms with Crippen molar-refractivity contribution in [3.05, 3.63) is 24.3 Å². The second-order valence-corrected chi connectivity index (χ2v) is 3.61. The minimum atomic E-state index is 0. The van der Waals surface area contributed by atoms with Crippen LogP contribution in [0.2, 0.25) is 0 Å². The van der Waals surface area contributed by atoms with E-state index in [9.17, 15) is 0 Å². The van der Waals surface area contributed by atoms with Crippen molar-refractivity contribution >= 4 is 10.8 Å². The Bertz CT molecular complexity index is 472. The van der Waals surface area contributed by atoms with E-state index in [4.69, 9.17) is 18.9 Å². The fourth-order valence-electron chi connectivity index (χ4n) is 1.97. The monoisotopic (exact) mass is 254 g/mol. The van der Waals surface area contributed by atoms with E-state index in [2.05, 4.69) is 6.07 Å². The fraction of sp³-hybridized carbons (Fsp3) is 0.286. The van der Waals surface area contributed by atoms with E-state index in [1.807, 2.05) is 12.1 Å². The average Bonchev–Trinajstić information content (AvgIpc) is 2.44. The van der Waals surface area contributed by atoms with E-state index >= 15 is 0 Å². The van der Waals surface area contributed by atoms with Crippen molar-refractivity contribution in [2.45, 2.75) is 0 Å². The zero-order valence-corrected chi connectivity index (χ0v) is 11.9. The number of benzene rings is 2. The fourth-order valence-corrected chi connectivity index (χ4v) is 1.97. The largest absolute Gasteiger partial charge is 1.00 e. The summed E-state index contributed by atoms with van der Waals surface area (Å²) in [6.45, 7) is 0. The molecule has 0 saturated carbocycles. The zero-order chi connectivity index (χ0) is 13.1. The standard InChI is InChI=1S/C14H15O4.Li/c1-15-9-5-6-11(17-3)14-12(18-4)8-7-10(16-2)13(9)14;/h5-7H,1-4H3;/q-1;+1. The Balaban J connectivity index is 0.00000180. The maximum atomic E-state index is 5.36. The molecule has 2 aromatic rings. The van der Waals surface area contributed by atoms with Crippen molar-refractivity contribution in [3.8, 4) is 23.0 Å². The topological polar surface area (TPSA) is 36.9 Å². The SMILES string of the molecule is COc1[c-]cc(OC)c2c(OC)ccc(OC)c12.[Li+]. The van der Waals surface area contributed by atoms with Crippen LogP contribution in [0.3, 0.4) is 0 Å². The van der Waals surface area contributed by atoms with E-state index in [1.54, 1.807) is 34.5 Å². The minimum absolute atomic E-state index is 0. The van der Waals surface area contributed by atoms with Gasteiger partial charge in [0, 0.05) is 11.5 Å². The summed E-state index contributed by atoms with van der Waals surface area (Å²) in [5.41, 5.74) is 0. The van der Waals surface area contributed by atoms with Gasteiger partial charge in [0.25, 0.3) is 0 Å². The van der Waals surface area contributed by atoms with Gasteiger partial charge in [-0.3, -0.25) is 0 Å². The molecule has 19 heavy (non-hydrogen) atoms. The molecule has 0 aliphatic heterocycles. The van der Waals surface area contributed by atoms with Gasteiger partial charge >= 0.3 is 18.9 Å². The Kier molecular flexibility index (Phi) is 5.41. The quantitative estimate of drug-likeness (QED) is 0.553. The molecule has 0 bridgehead atoms. The summed E-state index contributed by atoms with van der Waals surface area (Å²) in [5.74, 6) is 2.66. The molecule has 5 heteroatoms. The number of methoxy groups -OCH3 is 4. The van der Waals surface area contributed by atoms with Crippen LogP contribution in [0.25, 0.3) is 10.8 Å². The molecule has 0 fully saturated rings. The molecule has 0 atom stereocenters. The Morgan fingerprint density at radius 1 is 0.737 bits per heavy atom. The maximum absolute atomic E-state index is 5.36. The van der Waals surface area contributed by atoms with Gasteiger partial charge in [-0.1, -0.05) is 0 Å². The van der Waals surface area contributed by atoms with Gasteiger partial charge in [-0.25, -0.2) is 0 Å². The van der Waals surface area contributed by atoms with Gasteiger partial charge in [0.2, 0.25) is 0 Å². The number of hydrogen-bond donors (Lipinski definition) is 0. The molecule has 96 valence electrons. The predicted molar refractivity (Wildman–Crippen MR) is 69.0 cm³/mol. The maximum Gasteiger partial charge on any atom is 1.00 e. The molecule has 0 radical (unpaired) electrons. The van der Waals surface area contributed by atoms with E-state index in [1.165, 1.54) is 0 Å². The summed E-state index contributed by atoms with van der Waals surface area (Å²) in [6, 6.07) is 8.42. The molecule has 0 spiro atoms. The molecule has 0 heterocycles. The smallest absolute Gasteiger partial charge is 0.553 e. The first kappa shape index (κ1) is 15.6. The van der Waals surface area contributed by atoms with Crippen molar-refractivity contribution in [3.63, 3.8) is 0 Å². The van der Waals surface area contributed by atoms with Crippen molar-refractivity contribution in [2.75, 3.05) is 28.4 Å². The third-order valence-electron chi connectivity index (χ3n) is 2.80. The second-order valence-electron chi connectivity index (χ2n) is 3.61. The first-order valence-electron chi connectivity index (χ1n) is 5.44. The summed E-state index contributed by atoms with van der Waals surface area (Å²) >= 11 is 0. The Morgan fingerprint density at radius 2 is 1.26 bits per heavy atom. The number of rotatable bonds is 4. The molecule has 0 N–H and O–H groups in total. The van der Waals surface area contributed by atoms with Crippen LogP contribution in [0.4, 0.5) is 0 Å². The van der Waals surface area contributed by atoms with Crippen LogP contribution in [0.15, 0.2) is 18.2 Å². The van der Waals surface area contributed by atoms with Crippen LogP contribution in [0.5, 0.6) is 23.0 Å². The summed E-state index contributed by atoms with van der Waals surface area (Å²) in [4.78, 5) is 0. The Morgan fingerprint density at radius 3 is 1.74 bits per heavy atom. The number of fused-ring (bicyclic) bond motifs is 1. The molecule has 0 aromatic heterocycles. The van der Waals surface area contributed by atoms with Gasteiger partial charge in [0.15, 0.2) is 0 Å². The van der Waals surface area contributed by atoms with Gasteiger partial charge in [0.1, 0.15) is 5.75 Å². The van der Waals surface area contributed by atoms with Crippen LogP contribution in [0.1, 0.15) is 0 Å². The summed E-state index contributed by atoms with van der Waals surface area (Å²) in [5, 5.41) is 1.61. The molecule has 0 aliphatic rings. The number of hydrogen-bond acceptors (Lipinski definition) is 4. The van der Waals surface area contributed by atoms with Gasteiger partial charge in [-0.05, 0) is 22.9 Å². The third-order valence-corrected chi connectivity index (χ3v) is 2.80. The summed E-state index contributed by atoms with van der Waals surface area (Å²) in [7, 11) is 6.43. The van der Waals surface area contributed by atoms with Crippen molar-refractivity contribution < 1.29 is 37.8 Å². The Labute approximate surface area is 124 Å². The molecule has 0 unspecified atom stereocenters. The number of ether oxygens (including phenoxy) is 4. The van der Waals surface area contributed by atoms with Gasteiger partial charge in [-0.15, -0.1) is 12.1 Å². The molecule has 0 aliphatic carbocycles. The summed E-state index contributed by atoms with van der Waals surface area (Å²) in [6.07, 6.45) is 0. The van der Waals surface area contributed by atoms with E-state index in [-0.39, 0.29) is 18.9 Å². The first-order valence-corrected chi connectivity index (χ1v) is 5.44. The van der Waals surface area contributed by atoms with E-state index in [0.29, 0.717) is 23.0 Å². The Hall–Kier alpha value is -1.50. The van der Waals surface area contributed by atoms with Crippen molar-refractivity contribution in [1.82, 2.24) is 0 Å². The minimum Gasteiger partial charge on any atom is -0.553 e. The van der Waals surface area contributed by atoms with Gasteiger partial charge in [-0.2, -0.15) is 0 Å². The van der Waals surface area contributed by atoms with E-state index < -0.39 is 0 Å². The van der Waals surface area contributed by atoms with Crippen molar-refractivity contribution in [2.24, 2.45) is 0 Å². The van der Waals surface area contributed by atoms with E-state index in [0.717, 1.165) is 10.8 Å². The van der Waals surface area contributed by atoms with Crippen LogP contribution >= 0.6 is 0 Å². The third kappa shape index (κ3) is 2.60. The normalized spacial score (nSPS) is 9.68. The molecule has 4 nitrogen and oxygen atoms in total. The second kappa shape index (κ2) is 6.60. The van der Waals surface area contributed by atoms with Gasteiger partial charge in [0.05, 0.1) is 34.2 Å². The molecule has 0 amide bonds. The van der Waals surface area contributed by atoms with Gasteiger partial charge < -0.3 is 18.9 Å².